The number of benzene rings is 4. The van der Waals surface area contributed by atoms with E-state index in [1.807, 2.05) is 54.6 Å². The summed E-state index contributed by atoms with van der Waals surface area (Å²) in [6.07, 6.45) is 0. The van der Waals surface area contributed by atoms with Crippen LogP contribution >= 0.6 is 0 Å². The number of methoxy groups -OCH3 is 1. The van der Waals surface area contributed by atoms with E-state index in [-0.39, 0.29) is 5.75 Å². The lowest BCUT2D eigenvalue weighted by Gasteiger charge is -2.13. The molecule has 2 nitrogen and oxygen atoms in total. The van der Waals surface area contributed by atoms with Crippen LogP contribution in [0.5, 0.6) is 11.5 Å². The van der Waals surface area contributed by atoms with Crippen LogP contribution in [0.2, 0.25) is 0 Å². The Kier molecular flexibility index (Phi) is 3.66. The SMILES string of the molecule is C=C(c1ccc2cc(OC)ccc2c1)c1c(O)ccc2ccccc12. The first-order chi connectivity index (χ1) is 12.2. The molecule has 25 heavy (non-hydrogen) atoms. The summed E-state index contributed by atoms with van der Waals surface area (Å²) in [6.45, 7) is 4.26. The van der Waals surface area contributed by atoms with Crippen molar-refractivity contribution in [3.8, 4) is 11.5 Å². The number of phenols is 1. The van der Waals surface area contributed by atoms with E-state index >= 15 is 0 Å². The van der Waals surface area contributed by atoms with Gasteiger partial charge in [-0.2, -0.15) is 0 Å². The van der Waals surface area contributed by atoms with Gasteiger partial charge in [-0.1, -0.05) is 55.1 Å². The molecule has 4 rings (SSSR count). The Morgan fingerprint density at radius 3 is 2.40 bits per heavy atom. The van der Waals surface area contributed by atoms with Gasteiger partial charge >= 0.3 is 0 Å². The summed E-state index contributed by atoms with van der Waals surface area (Å²) in [7, 11) is 1.67. The lowest BCUT2D eigenvalue weighted by Crippen LogP contribution is -1.90. The Hall–Kier alpha value is -3.26. The van der Waals surface area contributed by atoms with Crippen LogP contribution in [0.15, 0.2) is 79.4 Å². The second-order valence-electron chi connectivity index (χ2n) is 6.09. The average molecular weight is 326 g/mol. The standard InChI is InChI=1S/C23H18O2/c1-15(23-21-6-4-3-5-16(21)10-12-22(23)24)17-7-8-19-14-20(25-2)11-9-18(19)13-17/h3-14,24H,1H2,2H3. The summed E-state index contributed by atoms with van der Waals surface area (Å²) in [5.41, 5.74) is 2.59. The van der Waals surface area contributed by atoms with Gasteiger partial charge in [-0.15, -0.1) is 0 Å². The van der Waals surface area contributed by atoms with Crippen molar-refractivity contribution < 1.29 is 9.84 Å². The normalized spacial score (nSPS) is 10.9. The van der Waals surface area contributed by atoms with Crippen molar-refractivity contribution in [2.75, 3.05) is 7.11 Å². The molecule has 0 saturated carbocycles. The minimum absolute atomic E-state index is 0.249. The molecule has 1 N–H and O–H groups in total. The molecular weight excluding hydrogens is 308 g/mol. The zero-order chi connectivity index (χ0) is 17.4. The Balaban J connectivity index is 1.86. The first kappa shape index (κ1) is 15.3. The predicted octanol–water partition coefficient (Wildman–Crippen LogP) is 5.77. The average Bonchev–Trinajstić information content (AvgIpc) is 2.66. The highest BCUT2D eigenvalue weighted by Gasteiger charge is 2.12. The van der Waals surface area contributed by atoms with Gasteiger partial charge in [0, 0.05) is 5.56 Å². The quantitative estimate of drug-likeness (QED) is 0.518. The zero-order valence-corrected chi connectivity index (χ0v) is 14.0. The highest BCUT2D eigenvalue weighted by Crippen LogP contribution is 2.36. The number of hydrogen-bond donors (Lipinski definition) is 1. The Labute approximate surface area is 146 Å². The molecule has 0 atom stereocenters. The minimum atomic E-state index is 0.249. The van der Waals surface area contributed by atoms with Gasteiger partial charge in [-0.25, -0.2) is 0 Å². The van der Waals surface area contributed by atoms with Gasteiger partial charge in [0.25, 0.3) is 0 Å². The highest BCUT2D eigenvalue weighted by atomic mass is 16.5. The van der Waals surface area contributed by atoms with Gasteiger partial charge in [0.1, 0.15) is 11.5 Å². The van der Waals surface area contributed by atoms with E-state index < -0.39 is 0 Å². The second kappa shape index (κ2) is 5.99. The molecule has 0 aliphatic carbocycles. The number of ether oxygens (including phenoxy) is 1. The summed E-state index contributed by atoms with van der Waals surface area (Å²) < 4.78 is 5.28. The molecule has 0 fully saturated rings. The van der Waals surface area contributed by atoms with Gasteiger partial charge in [-0.05, 0) is 56.9 Å². The van der Waals surface area contributed by atoms with Gasteiger partial charge < -0.3 is 9.84 Å². The maximum absolute atomic E-state index is 10.4. The molecule has 0 unspecified atom stereocenters. The maximum Gasteiger partial charge on any atom is 0.124 e. The molecule has 122 valence electrons. The molecule has 0 bridgehead atoms. The van der Waals surface area contributed by atoms with Crippen LogP contribution in [0.1, 0.15) is 11.1 Å². The Morgan fingerprint density at radius 2 is 1.56 bits per heavy atom. The Morgan fingerprint density at radius 1 is 0.840 bits per heavy atom. The first-order valence-electron chi connectivity index (χ1n) is 8.15. The van der Waals surface area contributed by atoms with E-state index in [4.69, 9.17) is 4.74 Å². The van der Waals surface area contributed by atoms with Gasteiger partial charge in [0.05, 0.1) is 7.11 Å². The lowest BCUT2D eigenvalue weighted by molar-refractivity contribution is 0.415. The fourth-order valence-electron chi connectivity index (χ4n) is 3.26. The van der Waals surface area contributed by atoms with Crippen molar-refractivity contribution in [1.82, 2.24) is 0 Å². The fraction of sp³-hybridized carbons (Fsp3) is 0.0435. The Bertz CT molecular complexity index is 1110. The van der Waals surface area contributed by atoms with Crippen LogP contribution < -0.4 is 4.74 Å². The molecular formula is C23H18O2. The molecule has 2 heteroatoms. The minimum Gasteiger partial charge on any atom is -0.507 e. The molecule has 0 heterocycles. The van der Waals surface area contributed by atoms with Crippen LogP contribution in [0.3, 0.4) is 0 Å². The van der Waals surface area contributed by atoms with Gasteiger partial charge in [-0.3, -0.25) is 0 Å². The number of rotatable bonds is 3. The van der Waals surface area contributed by atoms with Crippen molar-refractivity contribution in [2.45, 2.75) is 0 Å². The molecule has 0 amide bonds. The maximum atomic E-state index is 10.4. The molecule has 0 saturated heterocycles. The first-order valence-corrected chi connectivity index (χ1v) is 8.15. The third-order valence-corrected chi connectivity index (χ3v) is 4.60. The number of phenolic OH excluding ortho intramolecular Hbond substituents is 1. The van der Waals surface area contributed by atoms with Gasteiger partial charge in [0.15, 0.2) is 0 Å². The van der Waals surface area contributed by atoms with E-state index in [1.165, 1.54) is 0 Å². The smallest absolute Gasteiger partial charge is 0.124 e. The third kappa shape index (κ3) is 2.62. The van der Waals surface area contributed by atoms with Crippen LogP contribution in [-0.4, -0.2) is 12.2 Å². The molecule has 4 aromatic rings. The molecule has 4 aromatic carbocycles. The molecule has 0 aliphatic heterocycles. The topological polar surface area (TPSA) is 29.5 Å². The third-order valence-electron chi connectivity index (χ3n) is 4.60. The largest absolute Gasteiger partial charge is 0.507 e. The van der Waals surface area contributed by atoms with E-state index in [0.29, 0.717) is 0 Å². The molecule has 0 radical (unpaired) electrons. The monoisotopic (exact) mass is 326 g/mol. The van der Waals surface area contributed by atoms with E-state index in [2.05, 4.69) is 18.7 Å². The van der Waals surface area contributed by atoms with Crippen molar-refractivity contribution in [1.29, 1.82) is 0 Å². The summed E-state index contributed by atoms with van der Waals surface area (Å²) >= 11 is 0. The van der Waals surface area contributed by atoms with Crippen LogP contribution in [0.25, 0.3) is 27.1 Å². The van der Waals surface area contributed by atoms with Crippen LogP contribution in [-0.2, 0) is 0 Å². The van der Waals surface area contributed by atoms with Crippen molar-refractivity contribution in [3.05, 3.63) is 90.5 Å². The number of hydrogen-bond acceptors (Lipinski definition) is 2. The fourth-order valence-corrected chi connectivity index (χ4v) is 3.26. The summed E-state index contributed by atoms with van der Waals surface area (Å²) in [5, 5.41) is 14.8. The van der Waals surface area contributed by atoms with Crippen molar-refractivity contribution in [3.63, 3.8) is 0 Å². The van der Waals surface area contributed by atoms with E-state index in [1.54, 1.807) is 13.2 Å². The lowest BCUT2D eigenvalue weighted by atomic mass is 9.92. The number of fused-ring (bicyclic) bond motifs is 2. The second-order valence-corrected chi connectivity index (χ2v) is 6.09. The summed E-state index contributed by atoms with van der Waals surface area (Å²) in [6, 6.07) is 23.9. The van der Waals surface area contributed by atoms with Gasteiger partial charge in [0.2, 0.25) is 0 Å². The number of aromatic hydroxyl groups is 1. The molecule has 0 spiro atoms. The van der Waals surface area contributed by atoms with E-state index in [0.717, 1.165) is 44.0 Å². The summed E-state index contributed by atoms with van der Waals surface area (Å²) in [4.78, 5) is 0. The molecule has 0 aromatic heterocycles. The van der Waals surface area contributed by atoms with Crippen LogP contribution in [0.4, 0.5) is 0 Å². The zero-order valence-electron chi connectivity index (χ0n) is 14.0. The summed E-state index contributed by atoms with van der Waals surface area (Å²) in [5.74, 6) is 1.09. The van der Waals surface area contributed by atoms with E-state index in [9.17, 15) is 5.11 Å². The predicted molar refractivity (Wildman–Crippen MR) is 104 cm³/mol. The van der Waals surface area contributed by atoms with Crippen LogP contribution in [0, 0.1) is 0 Å². The molecule has 0 aliphatic rings. The van der Waals surface area contributed by atoms with Crippen molar-refractivity contribution in [2.24, 2.45) is 0 Å². The van der Waals surface area contributed by atoms with Crippen molar-refractivity contribution >= 4 is 27.1 Å². The highest BCUT2D eigenvalue weighted by molar-refractivity contribution is 6.00.